The van der Waals surface area contributed by atoms with Gasteiger partial charge in [0, 0.05) is 25.1 Å². The molecule has 0 bridgehead atoms. The van der Waals surface area contributed by atoms with Crippen molar-refractivity contribution in [2.75, 3.05) is 19.8 Å². The van der Waals surface area contributed by atoms with Gasteiger partial charge in [0.2, 0.25) is 10.0 Å². The van der Waals surface area contributed by atoms with Crippen LogP contribution in [0.3, 0.4) is 0 Å². The number of aliphatic hydroxyl groups is 1. The number of nitrogens with zero attached hydrogens (tertiary/aromatic N) is 1. The molecule has 3 rings (SSSR count). The van der Waals surface area contributed by atoms with E-state index in [-0.39, 0.29) is 16.9 Å². The van der Waals surface area contributed by atoms with Crippen molar-refractivity contribution in [1.82, 2.24) is 4.31 Å². The summed E-state index contributed by atoms with van der Waals surface area (Å²) in [6.07, 6.45) is 1.82. The SMILES string of the molecule is Cc1cccc(S(=O)(=O)N2CCC[C@@H]2[C@H]2COCC[C@]2(C)O)c1F. The van der Waals surface area contributed by atoms with Crippen LogP contribution in [0.4, 0.5) is 4.39 Å². The number of rotatable bonds is 3. The summed E-state index contributed by atoms with van der Waals surface area (Å²) in [5, 5.41) is 10.7. The minimum absolute atomic E-state index is 0.286. The van der Waals surface area contributed by atoms with Crippen LogP contribution in [-0.4, -0.2) is 49.2 Å². The van der Waals surface area contributed by atoms with Gasteiger partial charge in [-0.2, -0.15) is 4.31 Å². The summed E-state index contributed by atoms with van der Waals surface area (Å²) in [6.45, 7) is 4.41. The Bertz CT molecular complexity index is 719. The average Bonchev–Trinajstić information content (AvgIpc) is 2.99. The Morgan fingerprint density at radius 1 is 1.42 bits per heavy atom. The molecule has 2 aliphatic rings. The molecule has 0 aliphatic carbocycles. The van der Waals surface area contributed by atoms with E-state index < -0.39 is 21.4 Å². The first kappa shape index (κ1) is 17.8. The third-order valence-corrected chi connectivity index (χ3v) is 7.25. The van der Waals surface area contributed by atoms with Crippen LogP contribution in [0.2, 0.25) is 0 Å². The van der Waals surface area contributed by atoms with Gasteiger partial charge in [-0.3, -0.25) is 0 Å². The van der Waals surface area contributed by atoms with Crippen molar-refractivity contribution < 1.29 is 22.7 Å². The molecule has 0 amide bonds. The molecule has 3 atom stereocenters. The van der Waals surface area contributed by atoms with Gasteiger partial charge >= 0.3 is 0 Å². The topological polar surface area (TPSA) is 66.8 Å². The highest BCUT2D eigenvalue weighted by Gasteiger charge is 2.48. The summed E-state index contributed by atoms with van der Waals surface area (Å²) in [5.41, 5.74) is -0.675. The van der Waals surface area contributed by atoms with Crippen LogP contribution in [0.1, 0.15) is 31.7 Å². The zero-order valence-corrected chi connectivity index (χ0v) is 14.9. The number of aryl methyl sites for hydroxylation is 1. The lowest BCUT2D eigenvalue weighted by Gasteiger charge is -2.42. The lowest BCUT2D eigenvalue weighted by molar-refractivity contribution is -0.116. The molecule has 1 N–H and O–H groups in total. The predicted octanol–water partition coefficient (Wildman–Crippen LogP) is 2.07. The Morgan fingerprint density at radius 3 is 2.88 bits per heavy atom. The van der Waals surface area contributed by atoms with E-state index in [1.165, 1.54) is 10.4 Å². The molecule has 0 radical (unpaired) electrons. The van der Waals surface area contributed by atoms with E-state index in [9.17, 15) is 17.9 Å². The lowest BCUT2D eigenvalue weighted by Crippen LogP contribution is -2.53. The van der Waals surface area contributed by atoms with E-state index in [1.807, 2.05) is 0 Å². The molecular weight excluding hydrogens is 333 g/mol. The number of halogens is 1. The quantitative estimate of drug-likeness (QED) is 0.899. The molecule has 2 heterocycles. The number of hydrogen-bond donors (Lipinski definition) is 1. The fourth-order valence-corrected chi connectivity index (χ4v) is 5.66. The maximum Gasteiger partial charge on any atom is 0.246 e. The van der Waals surface area contributed by atoms with Gasteiger partial charge in [0.25, 0.3) is 0 Å². The van der Waals surface area contributed by atoms with Crippen LogP contribution in [0, 0.1) is 18.7 Å². The van der Waals surface area contributed by atoms with Crippen molar-refractivity contribution in [2.45, 2.75) is 49.6 Å². The predicted molar refractivity (Wildman–Crippen MR) is 87.6 cm³/mol. The Labute approximate surface area is 142 Å². The van der Waals surface area contributed by atoms with E-state index in [4.69, 9.17) is 4.74 Å². The maximum absolute atomic E-state index is 14.4. The Kier molecular flexibility index (Phi) is 4.72. The molecule has 134 valence electrons. The van der Waals surface area contributed by atoms with Gasteiger partial charge in [-0.1, -0.05) is 12.1 Å². The van der Waals surface area contributed by atoms with Gasteiger partial charge in [-0.15, -0.1) is 0 Å². The molecule has 1 aromatic rings. The molecule has 7 heteroatoms. The zero-order chi connectivity index (χ0) is 17.5. The first-order valence-electron chi connectivity index (χ1n) is 8.32. The molecule has 1 aromatic carbocycles. The largest absolute Gasteiger partial charge is 0.390 e. The van der Waals surface area contributed by atoms with E-state index in [2.05, 4.69) is 0 Å². The number of hydrogen-bond acceptors (Lipinski definition) is 4. The minimum Gasteiger partial charge on any atom is -0.390 e. The second-order valence-electron chi connectivity index (χ2n) is 7.00. The van der Waals surface area contributed by atoms with Crippen LogP contribution >= 0.6 is 0 Å². The highest BCUT2D eigenvalue weighted by Crippen LogP contribution is 2.38. The van der Waals surface area contributed by atoms with E-state index in [1.54, 1.807) is 26.0 Å². The standard InChI is InChI=1S/C17H24FNO4S/c1-12-5-3-7-15(16(12)18)24(21,22)19-9-4-6-14(19)13-11-23-10-8-17(13,2)20/h3,5,7,13-14,20H,4,6,8-11H2,1-2H3/t13-,14-,17+/m1/s1. The summed E-state index contributed by atoms with van der Waals surface area (Å²) >= 11 is 0. The normalized spacial score (nSPS) is 32.2. The first-order valence-corrected chi connectivity index (χ1v) is 9.76. The third-order valence-electron chi connectivity index (χ3n) is 5.30. The number of sulfonamides is 1. The molecule has 5 nitrogen and oxygen atoms in total. The Morgan fingerprint density at radius 2 is 2.17 bits per heavy atom. The van der Waals surface area contributed by atoms with E-state index in [0.29, 0.717) is 44.6 Å². The van der Waals surface area contributed by atoms with Crippen LogP contribution in [0.15, 0.2) is 23.1 Å². The third kappa shape index (κ3) is 2.98. The Hall–Kier alpha value is -1.02. The zero-order valence-electron chi connectivity index (χ0n) is 14.0. The summed E-state index contributed by atoms with van der Waals surface area (Å²) in [6, 6.07) is 4.04. The van der Waals surface area contributed by atoms with Gasteiger partial charge in [0.1, 0.15) is 10.7 Å². The molecular formula is C17H24FNO4S. The molecule has 2 saturated heterocycles. The second kappa shape index (κ2) is 6.37. The molecule has 24 heavy (non-hydrogen) atoms. The van der Waals surface area contributed by atoms with Crippen molar-refractivity contribution in [3.05, 3.63) is 29.6 Å². The van der Waals surface area contributed by atoms with Crippen molar-refractivity contribution >= 4 is 10.0 Å². The van der Waals surface area contributed by atoms with Gasteiger partial charge in [-0.25, -0.2) is 12.8 Å². The van der Waals surface area contributed by atoms with Crippen LogP contribution < -0.4 is 0 Å². The summed E-state index contributed by atoms with van der Waals surface area (Å²) in [4.78, 5) is -0.286. The fourth-order valence-electron chi connectivity index (χ4n) is 3.79. The number of benzene rings is 1. The van der Waals surface area contributed by atoms with Crippen LogP contribution in [0.5, 0.6) is 0 Å². The summed E-state index contributed by atoms with van der Waals surface area (Å²) in [7, 11) is -3.95. The first-order chi connectivity index (χ1) is 11.2. The minimum atomic E-state index is -3.95. The van der Waals surface area contributed by atoms with E-state index in [0.717, 1.165) is 0 Å². The maximum atomic E-state index is 14.4. The summed E-state index contributed by atoms with van der Waals surface area (Å²) in [5.74, 6) is -1.01. The fraction of sp³-hybridized carbons (Fsp3) is 0.647. The Balaban J connectivity index is 1.96. The molecule has 0 aromatic heterocycles. The van der Waals surface area contributed by atoms with Crippen LogP contribution in [0.25, 0.3) is 0 Å². The summed E-state index contributed by atoms with van der Waals surface area (Å²) < 4.78 is 47.3. The molecule has 0 saturated carbocycles. The van der Waals surface area contributed by atoms with Gasteiger partial charge in [0.15, 0.2) is 0 Å². The lowest BCUT2D eigenvalue weighted by atomic mass is 9.80. The van der Waals surface area contributed by atoms with Crippen LogP contribution in [-0.2, 0) is 14.8 Å². The highest BCUT2D eigenvalue weighted by molar-refractivity contribution is 7.89. The second-order valence-corrected chi connectivity index (χ2v) is 8.86. The smallest absolute Gasteiger partial charge is 0.246 e. The number of ether oxygens (including phenoxy) is 1. The molecule has 0 unspecified atom stereocenters. The molecule has 2 fully saturated rings. The van der Waals surface area contributed by atoms with Crippen molar-refractivity contribution in [3.63, 3.8) is 0 Å². The van der Waals surface area contributed by atoms with Crippen molar-refractivity contribution in [1.29, 1.82) is 0 Å². The molecule has 2 aliphatic heterocycles. The highest BCUT2D eigenvalue weighted by atomic mass is 32.2. The molecule has 0 spiro atoms. The monoisotopic (exact) mass is 357 g/mol. The average molecular weight is 357 g/mol. The van der Waals surface area contributed by atoms with Gasteiger partial charge in [-0.05, 0) is 44.7 Å². The van der Waals surface area contributed by atoms with Crippen molar-refractivity contribution in [3.8, 4) is 0 Å². The van der Waals surface area contributed by atoms with Gasteiger partial charge < -0.3 is 9.84 Å². The van der Waals surface area contributed by atoms with Crippen molar-refractivity contribution in [2.24, 2.45) is 5.92 Å². The van der Waals surface area contributed by atoms with Gasteiger partial charge in [0.05, 0.1) is 12.2 Å². The van der Waals surface area contributed by atoms with E-state index >= 15 is 0 Å².